The zero-order valence-corrected chi connectivity index (χ0v) is 20.0. The first-order valence-corrected chi connectivity index (χ1v) is 14.0. The Kier molecular flexibility index (Phi) is 8.43. The van der Waals surface area contributed by atoms with Gasteiger partial charge < -0.3 is 0 Å². The van der Waals surface area contributed by atoms with E-state index in [1.54, 1.807) is 0 Å². The highest BCUT2D eigenvalue weighted by Crippen LogP contribution is 2.24. The summed E-state index contributed by atoms with van der Waals surface area (Å²) in [5.74, 6) is 0. The van der Waals surface area contributed by atoms with Gasteiger partial charge in [-0.1, -0.05) is 60.7 Å². The molecule has 10 heteroatoms. The highest BCUT2D eigenvalue weighted by Gasteiger charge is 2.38. The van der Waals surface area contributed by atoms with E-state index in [0.29, 0.717) is 26.2 Å². The first-order valence-electron chi connectivity index (χ1n) is 10.4. The fourth-order valence-corrected chi connectivity index (χ4v) is 4.70. The standard InChI is InChI=1S/C22H30N2O6S2/c1-31(25,26)29-17-21-22(18-30-32(2,27)28)24(16-20-11-7-4-8-12-20)14-13-23(21)15-19-9-5-3-6-10-19/h3-12,21-22H,13-18H2,1-2H3/t21-,22?/m1/s1. The second-order valence-electron chi connectivity index (χ2n) is 8.02. The van der Waals surface area contributed by atoms with Crippen LogP contribution >= 0.6 is 0 Å². The van der Waals surface area contributed by atoms with Gasteiger partial charge in [-0.25, -0.2) is 0 Å². The van der Waals surface area contributed by atoms with Gasteiger partial charge in [0.1, 0.15) is 0 Å². The lowest BCUT2D eigenvalue weighted by atomic mass is 10.0. The molecule has 1 aliphatic heterocycles. The van der Waals surface area contributed by atoms with E-state index in [2.05, 4.69) is 9.80 Å². The molecule has 0 aliphatic carbocycles. The van der Waals surface area contributed by atoms with Gasteiger partial charge in [0.25, 0.3) is 20.2 Å². The van der Waals surface area contributed by atoms with Crippen molar-refractivity contribution in [2.75, 3.05) is 38.8 Å². The molecule has 8 nitrogen and oxygen atoms in total. The van der Waals surface area contributed by atoms with E-state index in [-0.39, 0.29) is 25.3 Å². The van der Waals surface area contributed by atoms with E-state index >= 15 is 0 Å². The molecule has 0 spiro atoms. The topological polar surface area (TPSA) is 93.2 Å². The Morgan fingerprint density at radius 3 is 1.34 bits per heavy atom. The average Bonchev–Trinajstić information content (AvgIpc) is 2.73. The monoisotopic (exact) mass is 482 g/mol. The molecule has 1 saturated heterocycles. The SMILES string of the molecule is CS(=O)(=O)OCC1[C@@H](COS(C)(=O)=O)N(Cc2ccccc2)CCN1Cc1ccccc1. The fraction of sp³-hybridized carbons (Fsp3) is 0.455. The number of nitrogens with zero attached hydrogens (tertiary/aromatic N) is 2. The molecule has 0 saturated carbocycles. The molecule has 0 amide bonds. The van der Waals surface area contributed by atoms with Crippen LogP contribution in [0.1, 0.15) is 11.1 Å². The van der Waals surface area contributed by atoms with Crippen molar-refractivity contribution < 1.29 is 25.2 Å². The molecule has 2 aromatic carbocycles. The largest absolute Gasteiger partial charge is 0.291 e. The predicted octanol–water partition coefficient (Wildman–Crippen LogP) is 1.69. The van der Waals surface area contributed by atoms with Crippen molar-refractivity contribution in [3.05, 3.63) is 71.8 Å². The fourth-order valence-electron chi connectivity index (χ4n) is 3.92. The van der Waals surface area contributed by atoms with Gasteiger partial charge in [0.15, 0.2) is 0 Å². The third-order valence-corrected chi connectivity index (χ3v) is 6.55. The third-order valence-electron chi connectivity index (χ3n) is 5.42. The summed E-state index contributed by atoms with van der Waals surface area (Å²) in [5.41, 5.74) is 2.16. The molecule has 1 aliphatic rings. The van der Waals surface area contributed by atoms with Crippen molar-refractivity contribution >= 4 is 20.2 Å². The Morgan fingerprint density at radius 2 is 1.03 bits per heavy atom. The van der Waals surface area contributed by atoms with Gasteiger partial charge in [-0.05, 0) is 11.1 Å². The predicted molar refractivity (Wildman–Crippen MR) is 123 cm³/mol. The van der Waals surface area contributed by atoms with E-state index < -0.39 is 20.2 Å². The number of benzene rings is 2. The molecule has 0 bridgehead atoms. The molecule has 1 heterocycles. The summed E-state index contributed by atoms with van der Waals surface area (Å²) in [6, 6.07) is 18.9. The summed E-state index contributed by atoms with van der Waals surface area (Å²) >= 11 is 0. The lowest BCUT2D eigenvalue weighted by Gasteiger charge is -2.47. The summed E-state index contributed by atoms with van der Waals surface area (Å²) in [4.78, 5) is 4.27. The highest BCUT2D eigenvalue weighted by atomic mass is 32.2. The number of hydrogen-bond donors (Lipinski definition) is 0. The van der Waals surface area contributed by atoms with Crippen LogP contribution in [0.5, 0.6) is 0 Å². The minimum atomic E-state index is -3.67. The van der Waals surface area contributed by atoms with E-state index in [0.717, 1.165) is 23.6 Å². The maximum atomic E-state index is 11.8. The number of hydrogen-bond acceptors (Lipinski definition) is 8. The van der Waals surface area contributed by atoms with Crippen LogP contribution in [-0.2, 0) is 41.7 Å². The van der Waals surface area contributed by atoms with E-state index in [1.807, 2.05) is 60.7 Å². The van der Waals surface area contributed by atoms with Crippen molar-refractivity contribution in [1.29, 1.82) is 0 Å². The smallest absolute Gasteiger partial charge is 0.264 e. The molecular formula is C22H30N2O6S2. The van der Waals surface area contributed by atoms with Gasteiger partial charge in [0.2, 0.25) is 0 Å². The molecule has 2 aromatic rings. The molecule has 0 radical (unpaired) electrons. The molecule has 0 N–H and O–H groups in total. The number of piperazine rings is 1. The lowest BCUT2D eigenvalue weighted by Crippen LogP contribution is -2.62. The van der Waals surface area contributed by atoms with Crippen LogP contribution in [0, 0.1) is 0 Å². The summed E-state index contributed by atoms with van der Waals surface area (Å²) in [6.45, 7) is 2.35. The van der Waals surface area contributed by atoms with Crippen molar-refractivity contribution in [1.82, 2.24) is 9.80 Å². The van der Waals surface area contributed by atoms with Gasteiger partial charge in [-0.2, -0.15) is 16.8 Å². The Labute approximate surface area is 191 Å². The summed E-state index contributed by atoms with van der Waals surface area (Å²) in [7, 11) is -7.33. The van der Waals surface area contributed by atoms with E-state index in [9.17, 15) is 16.8 Å². The molecule has 2 atom stereocenters. The second-order valence-corrected chi connectivity index (χ2v) is 11.3. The summed E-state index contributed by atoms with van der Waals surface area (Å²) in [6.07, 6.45) is 2.03. The van der Waals surface area contributed by atoms with Crippen LogP contribution < -0.4 is 0 Å². The van der Waals surface area contributed by atoms with Crippen molar-refractivity contribution in [2.45, 2.75) is 25.2 Å². The maximum Gasteiger partial charge on any atom is 0.264 e. The summed E-state index contributed by atoms with van der Waals surface area (Å²) in [5, 5.41) is 0. The molecule has 0 aromatic heterocycles. The van der Waals surface area contributed by atoms with Gasteiger partial charge in [0, 0.05) is 26.2 Å². The van der Waals surface area contributed by atoms with Crippen LogP contribution in [0.3, 0.4) is 0 Å². The van der Waals surface area contributed by atoms with Gasteiger partial charge in [-0.15, -0.1) is 0 Å². The van der Waals surface area contributed by atoms with Crippen LogP contribution in [0.4, 0.5) is 0 Å². The first kappa shape index (κ1) is 24.8. The lowest BCUT2D eigenvalue weighted by molar-refractivity contribution is -0.0267. The minimum Gasteiger partial charge on any atom is -0.291 e. The third kappa shape index (κ3) is 7.95. The molecule has 32 heavy (non-hydrogen) atoms. The molecule has 176 valence electrons. The molecule has 1 unspecified atom stereocenters. The normalized spacial score (nSPS) is 20.9. The average molecular weight is 483 g/mol. The van der Waals surface area contributed by atoms with Gasteiger partial charge in [0.05, 0.1) is 37.8 Å². The van der Waals surface area contributed by atoms with Gasteiger partial charge >= 0.3 is 0 Å². The van der Waals surface area contributed by atoms with E-state index in [4.69, 9.17) is 8.37 Å². The molecule has 1 fully saturated rings. The Morgan fingerprint density at radius 1 is 0.688 bits per heavy atom. The number of rotatable bonds is 10. The molecular weight excluding hydrogens is 452 g/mol. The Bertz CT molecular complexity index is 975. The molecule has 3 rings (SSSR count). The summed E-state index contributed by atoms with van der Waals surface area (Å²) < 4.78 is 57.4. The van der Waals surface area contributed by atoms with Crippen molar-refractivity contribution in [3.63, 3.8) is 0 Å². The Balaban J connectivity index is 1.88. The van der Waals surface area contributed by atoms with Gasteiger partial charge in [-0.3, -0.25) is 18.2 Å². The quantitative estimate of drug-likeness (QED) is 0.473. The zero-order chi connectivity index (χ0) is 23.2. The van der Waals surface area contributed by atoms with Crippen LogP contribution in [0.2, 0.25) is 0 Å². The van der Waals surface area contributed by atoms with E-state index in [1.165, 1.54) is 0 Å². The minimum absolute atomic E-state index is 0.0885. The Hall–Kier alpha value is -1.82. The van der Waals surface area contributed by atoms with Crippen LogP contribution in [0.25, 0.3) is 0 Å². The highest BCUT2D eigenvalue weighted by molar-refractivity contribution is 7.86. The zero-order valence-electron chi connectivity index (χ0n) is 18.3. The maximum absolute atomic E-state index is 11.8. The van der Waals surface area contributed by atoms with Crippen LogP contribution in [0.15, 0.2) is 60.7 Å². The second kappa shape index (κ2) is 10.9. The van der Waals surface area contributed by atoms with Crippen molar-refractivity contribution in [3.8, 4) is 0 Å². The van der Waals surface area contributed by atoms with Crippen molar-refractivity contribution in [2.24, 2.45) is 0 Å². The first-order chi connectivity index (χ1) is 15.1. The van der Waals surface area contributed by atoms with Crippen LogP contribution in [-0.4, -0.2) is 77.5 Å².